The van der Waals surface area contributed by atoms with Gasteiger partial charge in [0.1, 0.15) is 5.60 Å². The Morgan fingerprint density at radius 2 is 0.695 bits per heavy atom. The molecule has 7 amide bonds. The lowest BCUT2D eigenvalue weighted by molar-refractivity contribution is -0.124. The number of aromatic nitrogens is 15. The minimum atomic E-state index is -0.518. The third kappa shape index (κ3) is 24.4. The molecule has 128 heavy (non-hydrogen) atoms. The maximum absolute atomic E-state index is 12.7. The molecule has 6 aromatic carbocycles. The molecule has 5 aromatic heterocycles. The van der Waals surface area contributed by atoms with Gasteiger partial charge in [0.2, 0.25) is 29.1 Å². The number of carbonyl (C=O) groups is 5. The van der Waals surface area contributed by atoms with Crippen molar-refractivity contribution in [3.05, 3.63) is 269 Å². The molecule has 656 valence electrons. The van der Waals surface area contributed by atoms with E-state index < -0.39 is 5.60 Å². The summed E-state index contributed by atoms with van der Waals surface area (Å²) in [6.45, 7) is 23.9. The summed E-state index contributed by atoms with van der Waals surface area (Å²) in [5.41, 5.74) is 8.08. The SMILES string of the molecule is CC(C)(C)OC(=O)N1CCn2c(C#Cc3cccc(Cl)c3)nnc2C1.CN(C)C(=O)N1CCn2c(C#Cc3cccc(Cl)c3)nnc2C1.Cc1cccc(C#Cc2nnc3n2CCN(C(=O)N2CCOCC2)C3)c1.Cc1cccc(C#Cc2nnc3n2CCN(C(=O)ON2CCCCC2)C3)c1.Cc1cccc(C#Cc2nnc3n2CCN(C(=O)c2cccc(Cl)c2)C3)c1. The number of nitrogens with zero attached hydrogens (tertiary/aromatic N) is 23. The van der Waals surface area contributed by atoms with Crippen molar-refractivity contribution in [1.29, 1.82) is 0 Å². The number of urea groups is 2. The van der Waals surface area contributed by atoms with Crippen molar-refractivity contribution in [2.75, 3.05) is 86.2 Å². The molecule has 0 spiro atoms. The van der Waals surface area contributed by atoms with Crippen molar-refractivity contribution in [2.45, 2.75) is 132 Å². The van der Waals surface area contributed by atoms with Gasteiger partial charge in [-0.25, -0.2) is 19.2 Å². The Labute approximate surface area is 758 Å². The summed E-state index contributed by atoms with van der Waals surface area (Å²) in [4.78, 5) is 79.5. The maximum Gasteiger partial charge on any atom is 0.429 e. The van der Waals surface area contributed by atoms with E-state index in [1.807, 2.05) is 177 Å². The predicted octanol–water partition coefficient (Wildman–Crippen LogP) is 11.8. The van der Waals surface area contributed by atoms with E-state index in [0.29, 0.717) is 180 Å². The summed E-state index contributed by atoms with van der Waals surface area (Å²) in [7, 11) is 3.48. The van der Waals surface area contributed by atoms with Crippen LogP contribution in [0.2, 0.25) is 15.1 Å². The average molecular weight is 1780 g/mol. The lowest BCUT2D eigenvalue weighted by Gasteiger charge is -2.34. The molecule has 0 N–H and O–H groups in total. The first-order valence-electron chi connectivity index (χ1n) is 42.1. The van der Waals surface area contributed by atoms with Crippen molar-refractivity contribution in [2.24, 2.45) is 0 Å². The van der Waals surface area contributed by atoms with Crippen LogP contribution in [0.3, 0.4) is 0 Å². The Morgan fingerprint density at radius 1 is 0.359 bits per heavy atom. The number of rotatable bonds is 2. The quantitative estimate of drug-likeness (QED) is 0.145. The van der Waals surface area contributed by atoms with E-state index in [-0.39, 0.29) is 30.2 Å². The molecule has 12 heterocycles. The van der Waals surface area contributed by atoms with Gasteiger partial charge in [0.05, 0.1) is 45.9 Å². The summed E-state index contributed by atoms with van der Waals surface area (Å²) in [5, 5.41) is 45.4. The van der Waals surface area contributed by atoms with Crippen molar-refractivity contribution in [3.8, 4) is 59.2 Å². The molecule has 34 heteroatoms. The number of benzene rings is 6. The smallest absolute Gasteiger partial charge is 0.429 e. The molecule has 0 unspecified atom stereocenters. The number of aryl methyl sites for hydroxylation is 3. The van der Waals surface area contributed by atoms with E-state index in [9.17, 15) is 24.0 Å². The van der Waals surface area contributed by atoms with Crippen LogP contribution < -0.4 is 0 Å². The van der Waals surface area contributed by atoms with E-state index in [1.54, 1.807) is 86.1 Å². The van der Waals surface area contributed by atoms with Crippen LogP contribution in [0.5, 0.6) is 0 Å². The van der Waals surface area contributed by atoms with Crippen LogP contribution in [0.1, 0.15) is 153 Å². The van der Waals surface area contributed by atoms with Gasteiger partial charge in [-0.2, -0.15) is 0 Å². The van der Waals surface area contributed by atoms with Crippen LogP contribution in [-0.2, 0) is 79.8 Å². The number of ether oxygens (including phenoxy) is 2. The number of piperidine rings is 1. The topological polar surface area (TPSA) is 293 Å². The Morgan fingerprint density at radius 3 is 1.08 bits per heavy atom. The lowest BCUT2D eigenvalue weighted by atomic mass is 10.1. The Kier molecular flexibility index (Phi) is 30.0. The Bertz CT molecular complexity index is 6230. The van der Waals surface area contributed by atoms with Gasteiger partial charge in [-0.3, -0.25) is 14.6 Å². The summed E-state index contributed by atoms with van der Waals surface area (Å²) < 4.78 is 20.6. The molecule has 2 saturated heterocycles. The highest BCUT2D eigenvalue weighted by Gasteiger charge is 2.33. The van der Waals surface area contributed by atoms with Crippen LogP contribution in [0, 0.1) is 80.0 Å². The predicted molar refractivity (Wildman–Crippen MR) is 479 cm³/mol. The first-order chi connectivity index (χ1) is 61.8. The van der Waals surface area contributed by atoms with E-state index in [2.05, 4.69) is 110 Å². The van der Waals surface area contributed by atoms with Crippen LogP contribution in [0.25, 0.3) is 0 Å². The van der Waals surface area contributed by atoms with Crippen molar-refractivity contribution in [1.82, 2.24) is 113 Å². The number of hydroxylamine groups is 2. The zero-order chi connectivity index (χ0) is 89.8. The molecule has 0 atom stereocenters. The zero-order valence-electron chi connectivity index (χ0n) is 72.5. The molecule has 7 aliphatic rings. The van der Waals surface area contributed by atoms with Crippen LogP contribution >= 0.6 is 34.8 Å². The standard InChI is InChI=1S/C21H17ClN4O.C20H23N5O2.C19H21N5O2.C18H19ClN4O2.C16H16ClN5O/c1-15-4-2-5-16(12-15)8-9-19-23-24-20-14-25(10-11-26(19)20)21(27)17-6-3-7-18(22)13-17;1-16-6-5-7-17(14-16)8-9-18-21-22-19-15-23(12-13-25(18)19)20(26)27-24-10-3-2-4-11-24;1-15-3-2-4-16(13-15)5-6-17-20-21-18-14-23(7-8-24(17)18)19(25)22-9-11-26-12-10-22;1-18(2,3)25-17(24)22-9-10-23-15(20-21-16(23)12-22)8-7-13-5-4-6-14(19)11-13;1-20(2)16(23)21-8-9-22-14(18-19-15(22)11-21)7-6-12-4-3-5-13(17)10-12/h2-7,12-13H,10-11,14H2,1H3;5-7,14H,2-4,10-13,15H2,1H3;2-4,13H,7-12,14H2,1H3;4-6,11H,9-10,12H2,1-3H3;3-5,10H,8-9,11H2,1-2H3. The third-order valence-corrected chi connectivity index (χ3v) is 21.8. The van der Waals surface area contributed by atoms with Gasteiger partial charge in [-0.15, -0.1) is 56.1 Å². The number of fused-ring (bicyclic) bond motifs is 5. The summed E-state index contributed by atoms with van der Waals surface area (Å²) in [5.74, 6) is 37.6. The largest absolute Gasteiger partial charge is 0.444 e. The minimum absolute atomic E-state index is 0.0224. The van der Waals surface area contributed by atoms with Gasteiger partial charge in [-0.1, -0.05) is 125 Å². The summed E-state index contributed by atoms with van der Waals surface area (Å²) in [6.07, 6.45) is 2.70. The van der Waals surface area contributed by atoms with E-state index >= 15 is 0 Å². The Balaban J connectivity index is 0.000000130. The zero-order valence-corrected chi connectivity index (χ0v) is 74.8. The lowest BCUT2D eigenvalue weighted by Crippen LogP contribution is -2.50. The van der Waals surface area contributed by atoms with E-state index in [4.69, 9.17) is 49.1 Å². The number of hydrogen-bond donors (Lipinski definition) is 0. The fraction of sp³-hybridized carbons (Fsp3) is 0.351. The van der Waals surface area contributed by atoms with Crippen molar-refractivity contribution in [3.63, 3.8) is 0 Å². The highest BCUT2D eigenvalue weighted by Crippen LogP contribution is 2.24. The van der Waals surface area contributed by atoms with Crippen LogP contribution in [0.15, 0.2) is 146 Å². The monoisotopic (exact) mass is 1780 g/mol. The second-order valence-corrected chi connectivity index (χ2v) is 33.5. The molecular weight excluding hydrogens is 1690 g/mol. The summed E-state index contributed by atoms with van der Waals surface area (Å²) in [6, 6.07) is 45.9. The number of carbonyl (C=O) groups excluding carboxylic acids is 5. The number of morpholine rings is 1. The number of hydrogen-bond acceptors (Lipinski definition) is 19. The van der Waals surface area contributed by atoms with Gasteiger partial charge in [-0.05, 0) is 192 Å². The van der Waals surface area contributed by atoms with Gasteiger partial charge in [0.15, 0.2) is 29.1 Å². The highest BCUT2D eigenvalue weighted by atomic mass is 35.5. The van der Waals surface area contributed by atoms with Gasteiger partial charge in [0.25, 0.3) is 5.91 Å². The molecule has 18 rings (SSSR count). The molecule has 11 aromatic rings. The van der Waals surface area contributed by atoms with Crippen LogP contribution in [-0.4, -0.2) is 235 Å². The number of halogens is 3. The van der Waals surface area contributed by atoms with Gasteiger partial charge in [0, 0.05) is 154 Å². The number of amides is 7. The highest BCUT2D eigenvalue weighted by molar-refractivity contribution is 6.31. The Hall–Kier alpha value is -13.8. The van der Waals surface area contributed by atoms with Crippen molar-refractivity contribution < 1.29 is 38.3 Å². The third-order valence-electron chi connectivity index (χ3n) is 21.1. The molecular formula is C94H96Cl3N23O8. The molecule has 2 fully saturated rings. The van der Waals surface area contributed by atoms with Gasteiger partial charge >= 0.3 is 24.2 Å². The average Bonchev–Trinajstić information content (AvgIpc) is 1.54. The fourth-order valence-corrected chi connectivity index (χ4v) is 15.1. The second kappa shape index (κ2) is 42.4. The fourth-order valence-electron chi connectivity index (χ4n) is 14.5. The molecule has 31 nitrogen and oxygen atoms in total. The first kappa shape index (κ1) is 90.4. The molecule has 0 bridgehead atoms. The normalized spacial score (nSPS) is 14.7. The molecule has 0 radical (unpaired) electrons. The second-order valence-electron chi connectivity index (χ2n) is 32.1. The maximum atomic E-state index is 12.7. The minimum Gasteiger partial charge on any atom is -0.444 e. The van der Waals surface area contributed by atoms with Gasteiger partial charge < -0.3 is 61.6 Å². The molecule has 0 saturated carbocycles. The van der Waals surface area contributed by atoms with Crippen molar-refractivity contribution >= 4 is 65.0 Å². The molecule has 0 aliphatic carbocycles. The van der Waals surface area contributed by atoms with Crippen LogP contribution in [0.4, 0.5) is 19.2 Å². The summed E-state index contributed by atoms with van der Waals surface area (Å²) >= 11 is 17.9. The van der Waals surface area contributed by atoms with E-state index in [0.717, 1.165) is 77.0 Å². The molecule has 7 aliphatic heterocycles. The first-order valence-corrected chi connectivity index (χ1v) is 43.2. The van der Waals surface area contributed by atoms with E-state index in [1.165, 1.54) is 23.1 Å².